The maximum Gasteiger partial charge on any atom is 0.269 e. The smallest absolute Gasteiger partial charge is 0.258 e. The third kappa shape index (κ3) is 3.67. The molecule has 2 rings (SSSR count). The summed E-state index contributed by atoms with van der Waals surface area (Å²) in [6, 6.07) is 15.1. The second kappa shape index (κ2) is 7.34. The van der Waals surface area contributed by atoms with Crippen LogP contribution in [-0.4, -0.2) is 9.13 Å². The van der Waals surface area contributed by atoms with Crippen LogP contribution < -0.4 is 4.72 Å². The molecule has 0 saturated carbocycles. The van der Waals surface area contributed by atoms with Crippen molar-refractivity contribution in [2.24, 2.45) is 0 Å². The largest absolute Gasteiger partial charge is 0.269 e. The van der Waals surface area contributed by atoms with Crippen LogP contribution in [0.1, 0.15) is 24.5 Å². The molecule has 0 fully saturated rings. The molecule has 0 saturated heterocycles. The van der Waals surface area contributed by atoms with E-state index in [1.54, 1.807) is 19.1 Å². The Morgan fingerprint density at radius 3 is 2.25 bits per heavy atom. The van der Waals surface area contributed by atoms with Gasteiger partial charge in [-0.15, -0.1) is 0 Å². The lowest BCUT2D eigenvalue weighted by Gasteiger charge is -2.26. The monoisotopic (exact) mass is 343 g/mol. The molecule has 7 heteroatoms. The van der Waals surface area contributed by atoms with Gasteiger partial charge in [-0.3, -0.25) is 10.1 Å². The van der Waals surface area contributed by atoms with Gasteiger partial charge in [-0.05, 0) is 43.2 Å². The van der Waals surface area contributed by atoms with E-state index in [1.807, 2.05) is 19.1 Å². The fourth-order valence-corrected chi connectivity index (χ4v) is 3.37. The van der Waals surface area contributed by atoms with E-state index < -0.39 is 21.4 Å². The van der Waals surface area contributed by atoms with Gasteiger partial charge in [0.15, 0.2) is 0 Å². The number of hydrogen-bond acceptors (Lipinski definition) is 4. The molecule has 0 unspecified atom stereocenters. The third-order valence-corrected chi connectivity index (χ3v) is 5.03. The Bertz CT molecular complexity index is 797. The van der Waals surface area contributed by atoms with Gasteiger partial charge in [-0.2, -0.15) is 5.26 Å². The molecule has 124 valence electrons. The normalized spacial score (nSPS) is 14.4. The van der Waals surface area contributed by atoms with Crippen LogP contribution in [0.15, 0.2) is 53.4 Å². The number of benzene rings is 2. The topological polar surface area (TPSA) is 96.0 Å². The van der Waals surface area contributed by atoms with Gasteiger partial charge in [0.05, 0.1) is 15.9 Å². The molecule has 2 atom stereocenters. The van der Waals surface area contributed by atoms with Crippen LogP contribution in [0.25, 0.3) is 0 Å². The van der Waals surface area contributed by atoms with Gasteiger partial charge in [0, 0.05) is 12.1 Å². The summed E-state index contributed by atoms with van der Waals surface area (Å²) in [5, 5.41) is 20.4. The summed E-state index contributed by atoms with van der Waals surface area (Å²) in [4.78, 5) is 10.8. The highest BCUT2D eigenvalue weighted by molar-refractivity contribution is 7.83. The molecule has 0 aliphatic carbocycles. The van der Waals surface area contributed by atoms with Crippen LogP contribution in [0.4, 0.5) is 5.69 Å². The molecule has 0 aromatic heterocycles. The minimum atomic E-state index is -1.58. The fourth-order valence-electron chi connectivity index (χ4n) is 2.25. The standard InChI is InChI=1S/C17H17N3O3S/c1-3-17(12-18,14-6-8-15(9-7-14)20(21)22)19-24(23)16-10-4-13(2)5-11-16/h4-11,19H,3H2,1-2H3/t17-,24+/m1/s1. The highest BCUT2D eigenvalue weighted by Crippen LogP contribution is 2.27. The van der Waals surface area contributed by atoms with Crippen LogP contribution in [0.5, 0.6) is 0 Å². The Kier molecular flexibility index (Phi) is 5.44. The summed E-state index contributed by atoms with van der Waals surface area (Å²) in [5.41, 5.74) is 0.346. The molecular weight excluding hydrogens is 326 g/mol. The van der Waals surface area contributed by atoms with Gasteiger partial charge in [-0.25, -0.2) is 8.93 Å². The molecule has 0 heterocycles. The Hall–Kier alpha value is -2.56. The van der Waals surface area contributed by atoms with Crippen molar-refractivity contribution in [3.8, 4) is 6.07 Å². The summed E-state index contributed by atoms with van der Waals surface area (Å²) in [6.07, 6.45) is 0.360. The van der Waals surface area contributed by atoms with E-state index in [-0.39, 0.29) is 5.69 Å². The van der Waals surface area contributed by atoms with Crippen molar-refractivity contribution >= 4 is 16.7 Å². The zero-order valence-corrected chi connectivity index (χ0v) is 14.2. The molecule has 2 aromatic rings. The fraction of sp³-hybridized carbons (Fsp3) is 0.235. The Morgan fingerprint density at radius 1 is 1.21 bits per heavy atom. The molecule has 0 aliphatic heterocycles. The van der Waals surface area contributed by atoms with E-state index in [2.05, 4.69) is 10.8 Å². The Morgan fingerprint density at radius 2 is 1.79 bits per heavy atom. The second-order valence-corrected chi connectivity index (χ2v) is 6.57. The van der Waals surface area contributed by atoms with Crippen molar-refractivity contribution in [3.05, 3.63) is 69.8 Å². The summed E-state index contributed by atoms with van der Waals surface area (Å²) in [7, 11) is -1.58. The quantitative estimate of drug-likeness (QED) is 0.642. The van der Waals surface area contributed by atoms with E-state index in [4.69, 9.17) is 0 Å². The third-order valence-electron chi connectivity index (χ3n) is 3.79. The molecule has 6 nitrogen and oxygen atoms in total. The van der Waals surface area contributed by atoms with Crippen molar-refractivity contribution in [1.29, 1.82) is 5.26 Å². The first-order chi connectivity index (χ1) is 11.4. The maximum absolute atomic E-state index is 12.6. The molecule has 1 N–H and O–H groups in total. The van der Waals surface area contributed by atoms with Crippen molar-refractivity contribution in [3.63, 3.8) is 0 Å². The van der Waals surface area contributed by atoms with Crippen LogP contribution in [-0.2, 0) is 16.5 Å². The van der Waals surface area contributed by atoms with E-state index in [9.17, 15) is 19.6 Å². The zero-order chi connectivity index (χ0) is 17.7. The van der Waals surface area contributed by atoms with Crippen molar-refractivity contribution in [1.82, 2.24) is 4.72 Å². The van der Waals surface area contributed by atoms with Gasteiger partial charge in [-0.1, -0.05) is 24.6 Å². The molecule has 0 amide bonds. The van der Waals surface area contributed by atoms with Crippen LogP contribution in [0.2, 0.25) is 0 Å². The van der Waals surface area contributed by atoms with Gasteiger partial charge < -0.3 is 0 Å². The second-order valence-electron chi connectivity index (χ2n) is 5.36. The van der Waals surface area contributed by atoms with Crippen molar-refractivity contribution in [2.45, 2.75) is 30.7 Å². The predicted octanol–water partition coefficient (Wildman–Crippen LogP) is 3.34. The van der Waals surface area contributed by atoms with Crippen LogP contribution >= 0.6 is 0 Å². The molecule has 0 radical (unpaired) electrons. The number of non-ortho nitro benzene ring substituents is 1. The summed E-state index contributed by atoms with van der Waals surface area (Å²) >= 11 is 0. The van der Waals surface area contributed by atoms with Gasteiger partial charge in [0.1, 0.15) is 16.5 Å². The van der Waals surface area contributed by atoms with Crippen molar-refractivity contribution in [2.75, 3.05) is 0 Å². The van der Waals surface area contributed by atoms with E-state index >= 15 is 0 Å². The van der Waals surface area contributed by atoms with Crippen LogP contribution in [0.3, 0.4) is 0 Å². The number of nitrogens with one attached hydrogen (secondary N) is 1. The summed E-state index contributed by atoms with van der Waals surface area (Å²) in [6.45, 7) is 3.73. The molecule has 2 aromatic carbocycles. The number of rotatable bonds is 6. The number of hydrogen-bond donors (Lipinski definition) is 1. The summed E-state index contributed by atoms with van der Waals surface area (Å²) in [5.74, 6) is 0. The minimum Gasteiger partial charge on any atom is -0.258 e. The average molecular weight is 343 g/mol. The van der Waals surface area contributed by atoms with E-state index in [0.29, 0.717) is 16.9 Å². The Labute approximate surface area is 142 Å². The molecule has 0 bridgehead atoms. The number of nitro groups is 1. The first-order valence-corrected chi connectivity index (χ1v) is 8.49. The van der Waals surface area contributed by atoms with Gasteiger partial charge in [0.2, 0.25) is 0 Å². The number of nitro benzene ring substituents is 1. The first kappa shape index (κ1) is 17.8. The maximum atomic E-state index is 12.6. The zero-order valence-electron chi connectivity index (χ0n) is 13.4. The minimum absolute atomic E-state index is 0.0543. The lowest BCUT2D eigenvalue weighted by atomic mass is 9.90. The van der Waals surface area contributed by atoms with Gasteiger partial charge in [0.25, 0.3) is 5.69 Å². The van der Waals surface area contributed by atoms with Gasteiger partial charge >= 0.3 is 0 Å². The number of nitriles is 1. The number of nitrogens with zero attached hydrogens (tertiary/aromatic N) is 2. The van der Waals surface area contributed by atoms with E-state index in [0.717, 1.165) is 5.56 Å². The number of aryl methyl sites for hydroxylation is 1. The first-order valence-electron chi connectivity index (χ1n) is 7.34. The van der Waals surface area contributed by atoms with E-state index in [1.165, 1.54) is 24.3 Å². The van der Waals surface area contributed by atoms with Crippen molar-refractivity contribution < 1.29 is 9.13 Å². The average Bonchev–Trinajstić information content (AvgIpc) is 2.60. The highest BCUT2D eigenvalue weighted by atomic mass is 32.2. The van der Waals surface area contributed by atoms with Crippen LogP contribution in [0, 0.1) is 28.4 Å². The lowest BCUT2D eigenvalue weighted by Crippen LogP contribution is -2.41. The summed E-state index contributed by atoms with van der Waals surface area (Å²) < 4.78 is 15.5. The molecular formula is C17H17N3O3S. The molecule has 24 heavy (non-hydrogen) atoms. The predicted molar refractivity (Wildman–Crippen MR) is 91.4 cm³/mol. The lowest BCUT2D eigenvalue weighted by molar-refractivity contribution is -0.384. The SMILES string of the molecule is CC[C@](C#N)(N[S@@](=O)c1ccc(C)cc1)c1ccc([N+](=O)[O-])cc1. The molecule has 0 aliphatic rings. The highest BCUT2D eigenvalue weighted by Gasteiger charge is 2.33. The Balaban J connectivity index is 2.33. The molecule has 0 spiro atoms.